The van der Waals surface area contributed by atoms with E-state index in [-0.39, 0.29) is 10.8 Å². The van der Waals surface area contributed by atoms with Crippen LogP contribution in [0.25, 0.3) is 0 Å². The third-order valence-electron chi connectivity index (χ3n) is 2.45. The average Bonchev–Trinajstić information content (AvgIpc) is 2.40. The van der Waals surface area contributed by atoms with E-state index < -0.39 is 11.6 Å². The number of hydrogen-bond acceptors (Lipinski definition) is 3. The highest BCUT2D eigenvalue weighted by atomic mass is 79.9. The first kappa shape index (κ1) is 15.3. The van der Waals surface area contributed by atoms with E-state index in [1.807, 2.05) is 31.2 Å². The molecule has 0 spiro atoms. The summed E-state index contributed by atoms with van der Waals surface area (Å²) < 4.78 is 28.2. The summed E-state index contributed by atoms with van der Waals surface area (Å²) in [6.45, 7) is 2.56. The van der Waals surface area contributed by atoms with Crippen LogP contribution in [0, 0.1) is 11.6 Å². The van der Waals surface area contributed by atoms with Crippen molar-refractivity contribution in [1.29, 1.82) is 0 Å². The lowest BCUT2D eigenvalue weighted by Gasteiger charge is -2.09. The van der Waals surface area contributed by atoms with Crippen molar-refractivity contribution in [3.05, 3.63) is 46.4 Å². The Labute approximate surface area is 129 Å². The van der Waals surface area contributed by atoms with Crippen LogP contribution in [0.2, 0.25) is 0 Å². The van der Waals surface area contributed by atoms with Gasteiger partial charge in [0.25, 0.3) is 0 Å². The minimum Gasteiger partial charge on any atom is -0.368 e. The van der Waals surface area contributed by atoms with Crippen molar-refractivity contribution in [3.8, 4) is 0 Å². The topological polar surface area (TPSA) is 24.9 Å². The van der Waals surface area contributed by atoms with Gasteiger partial charge in [0.2, 0.25) is 0 Å². The Morgan fingerprint density at radius 3 is 2.75 bits per heavy atom. The molecule has 0 saturated carbocycles. The summed E-state index contributed by atoms with van der Waals surface area (Å²) in [6.07, 6.45) is 0.840. The predicted molar refractivity (Wildman–Crippen MR) is 81.2 cm³/mol. The number of benzene rings is 1. The summed E-state index contributed by atoms with van der Waals surface area (Å²) in [5.74, 6) is -1.24. The van der Waals surface area contributed by atoms with Crippen molar-refractivity contribution >= 4 is 33.5 Å². The summed E-state index contributed by atoms with van der Waals surface area (Å²) in [4.78, 5) is 4.85. The predicted octanol–water partition coefficient (Wildman–Crippen LogP) is 5.10. The summed E-state index contributed by atoms with van der Waals surface area (Å²) in [5.41, 5.74) is 0. The van der Waals surface area contributed by atoms with E-state index in [1.54, 1.807) is 0 Å². The minimum atomic E-state index is -0.672. The molecule has 0 aliphatic carbocycles. The fourth-order valence-electron chi connectivity index (χ4n) is 1.53. The van der Waals surface area contributed by atoms with Crippen LogP contribution in [0.3, 0.4) is 0 Å². The molecular formula is C14H13BrF2N2S. The van der Waals surface area contributed by atoms with Crippen LogP contribution in [0.5, 0.6) is 0 Å². The maximum atomic E-state index is 13.8. The lowest BCUT2D eigenvalue weighted by Crippen LogP contribution is -2.06. The van der Waals surface area contributed by atoms with Gasteiger partial charge in [-0.1, -0.05) is 40.7 Å². The van der Waals surface area contributed by atoms with Gasteiger partial charge < -0.3 is 5.32 Å². The molecule has 2 nitrogen and oxygen atoms in total. The first-order valence-electron chi connectivity index (χ1n) is 6.13. The molecule has 0 radical (unpaired) electrons. The zero-order valence-electron chi connectivity index (χ0n) is 10.8. The third kappa shape index (κ3) is 3.93. The van der Waals surface area contributed by atoms with Crippen molar-refractivity contribution in [1.82, 2.24) is 4.98 Å². The van der Waals surface area contributed by atoms with Gasteiger partial charge in [0.1, 0.15) is 5.03 Å². The van der Waals surface area contributed by atoms with Crippen LogP contribution in [-0.4, -0.2) is 11.5 Å². The highest BCUT2D eigenvalue weighted by Crippen LogP contribution is 2.31. The van der Waals surface area contributed by atoms with Crippen LogP contribution in [0.4, 0.5) is 14.6 Å². The van der Waals surface area contributed by atoms with Crippen LogP contribution in [0.1, 0.15) is 13.3 Å². The van der Waals surface area contributed by atoms with Crippen molar-refractivity contribution in [3.63, 3.8) is 0 Å². The van der Waals surface area contributed by atoms with Gasteiger partial charge in [-0.15, -0.1) is 0 Å². The molecule has 1 N–H and O–H groups in total. The van der Waals surface area contributed by atoms with E-state index in [2.05, 4.69) is 26.2 Å². The number of hydrogen-bond donors (Lipinski definition) is 1. The number of halogens is 3. The molecule has 0 aliphatic rings. The van der Waals surface area contributed by atoms with Crippen molar-refractivity contribution < 1.29 is 8.78 Å². The fourth-order valence-corrected chi connectivity index (χ4v) is 2.93. The Hall–Kier alpha value is -1.14. The summed E-state index contributed by atoms with van der Waals surface area (Å²) >= 11 is 4.52. The van der Waals surface area contributed by atoms with Crippen LogP contribution in [-0.2, 0) is 0 Å². The lowest BCUT2D eigenvalue weighted by molar-refractivity contribution is 0.551. The molecule has 1 aromatic carbocycles. The molecule has 20 heavy (non-hydrogen) atoms. The molecule has 0 fully saturated rings. The van der Waals surface area contributed by atoms with E-state index in [9.17, 15) is 8.78 Å². The molecule has 6 heteroatoms. The first-order valence-corrected chi connectivity index (χ1v) is 7.74. The molecule has 0 saturated heterocycles. The van der Waals surface area contributed by atoms with Gasteiger partial charge in [-0.3, -0.25) is 0 Å². The van der Waals surface area contributed by atoms with Crippen LogP contribution < -0.4 is 5.32 Å². The Morgan fingerprint density at radius 2 is 2.05 bits per heavy atom. The maximum absolute atomic E-state index is 13.8. The van der Waals surface area contributed by atoms with E-state index >= 15 is 0 Å². The fraction of sp³-hybridized carbons (Fsp3) is 0.214. The van der Waals surface area contributed by atoms with Crippen molar-refractivity contribution in [2.75, 3.05) is 11.9 Å². The van der Waals surface area contributed by atoms with Gasteiger partial charge in [-0.25, -0.2) is 13.8 Å². The van der Waals surface area contributed by atoms with E-state index in [4.69, 9.17) is 0 Å². The maximum Gasteiger partial charge on any atom is 0.168 e. The summed E-state index contributed by atoms with van der Waals surface area (Å²) in [7, 11) is 0. The van der Waals surface area contributed by atoms with Crippen LogP contribution >= 0.6 is 27.7 Å². The number of nitrogens with zero attached hydrogens (tertiary/aromatic N) is 1. The monoisotopic (exact) mass is 358 g/mol. The SMILES string of the molecule is CCCNc1nc(Sc2cccc(Br)c2)c(F)cc1F. The molecule has 0 bridgehead atoms. The molecule has 0 atom stereocenters. The molecule has 1 aromatic heterocycles. The Bertz CT molecular complexity index is 608. The third-order valence-corrected chi connectivity index (χ3v) is 3.91. The zero-order valence-corrected chi connectivity index (χ0v) is 13.2. The quantitative estimate of drug-likeness (QED) is 0.805. The van der Waals surface area contributed by atoms with Gasteiger partial charge in [-0.05, 0) is 24.6 Å². The van der Waals surface area contributed by atoms with Gasteiger partial charge in [0.15, 0.2) is 17.5 Å². The molecule has 0 amide bonds. The molecule has 106 valence electrons. The number of aromatic nitrogens is 1. The summed E-state index contributed by atoms with van der Waals surface area (Å²) in [5, 5.41) is 3.01. The molecule has 1 heterocycles. The molecule has 0 unspecified atom stereocenters. The zero-order chi connectivity index (χ0) is 14.5. The average molecular weight is 359 g/mol. The van der Waals surface area contributed by atoms with Crippen molar-refractivity contribution in [2.24, 2.45) is 0 Å². The molecule has 2 aromatic rings. The highest BCUT2D eigenvalue weighted by molar-refractivity contribution is 9.10. The summed E-state index contributed by atoms with van der Waals surface area (Å²) in [6, 6.07) is 8.30. The second kappa shape index (κ2) is 7.04. The van der Waals surface area contributed by atoms with Gasteiger partial charge in [0.05, 0.1) is 0 Å². The van der Waals surface area contributed by atoms with Crippen molar-refractivity contribution in [2.45, 2.75) is 23.3 Å². The number of nitrogens with one attached hydrogen (secondary N) is 1. The number of rotatable bonds is 5. The van der Waals surface area contributed by atoms with Crippen LogP contribution in [0.15, 0.2) is 44.7 Å². The Kier molecular flexibility index (Phi) is 5.37. The normalized spacial score (nSPS) is 10.6. The molecular weight excluding hydrogens is 346 g/mol. The highest BCUT2D eigenvalue weighted by Gasteiger charge is 2.13. The lowest BCUT2D eigenvalue weighted by atomic mass is 10.4. The van der Waals surface area contributed by atoms with E-state index in [0.717, 1.165) is 33.6 Å². The first-order chi connectivity index (χ1) is 9.60. The second-order valence-electron chi connectivity index (χ2n) is 4.09. The minimum absolute atomic E-state index is 0.0887. The Morgan fingerprint density at radius 1 is 1.25 bits per heavy atom. The largest absolute Gasteiger partial charge is 0.368 e. The van der Waals surface area contributed by atoms with E-state index in [1.165, 1.54) is 0 Å². The molecule has 0 aliphatic heterocycles. The smallest absolute Gasteiger partial charge is 0.168 e. The van der Waals surface area contributed by atoms with Gasteiger partial charge in [0, 0.05) is 22.0 Å². The van der Waals surface area contributed by atoms with E-state index in [0.29, 0.717) is 6.54 Å². The van der Waals surface area contributed by atoms with Gasteiger partial charge in [-0.2, -0.15) is 0 Å². The Balaban J connectivity index is 2.26. The number of anilines is 1. The number of pyridine rings is 1. The standard InChI is InChI=1S/C14H13BrF2N2S/c1-2-6-18-13-11(16)8-12(17)14(19-13)20-10-5-3-4-9(15)7-10/h3-5,7-8H,2,6H2,1H3,(H,18,19). The molecule has 2 rings (SSSR count). The second-order valence-corrected chi connectivity index (χ2v) is 6.07. The van der Waals surface area contributed by atoms with Gasteiger partial charge >= 0.3 is 0 Å².